The molecule has 6 heteroatoms. The van der Waals surface area contributed by atoms with Gasteiger partial charge >= 0.3 is 0 Å². The fourth-order valence-electron chi connectivity index (χ4n) is 3.74. The number of amides is 1. The maximum atomic E-state index is 12.7. The first-order valence-corrected chi connectivity index (χ1v) is 11.9. The van der Waals surface area contributed by atoms with Crippen molar-refractivity contribution < 1.29 is 13.2 Å². The third-order valence-electron chi connectivity index (χ3n) is 5.21. The number of carbonyl (C=O) groups is 1. The van der Waals surface area contributed by atoms with E-state index in [2.05, 4.69) is 13.8 Å². The first kappa shape index (κ1) is 21.9. The van der Waals surface area contributed by atoms with E-state index in [0.717, 1.165) is 32.4 Å². The Hall–Kier alpha value is -1.40. The monoisotopic (exact) mass is 394 g/mol. The zero-order chi connectivity index (χ0) is 19.7. The second-order valence-corrected chi connectivity index (χ2v) is 9.49. The summed E-state index contributed by atoms with van der Waals surface area (Å²) in [7, 11) is -3.23. The number of piperidine rings is 1. The lowest BCUT2D eigenvalue weighted by Crippen LogP contribution is -2.45. The quantitative estimate of drug-likeness (QED) is 0.612. The molecule has 1 aliphatic heterocycles. The number of sulfonamides is 1. The van der Waals surface area contributed by atoms with Crippen LogP contribution in [0.15, 0.2) is 30.3 Å². The molecule has 0 atom stereocenters. The molecule has 0 saturated carbocycles. The molecule has 0 aliphatic carbocycles. The van der Waals surface area contributed by atoms with Gasteiger partial charge in [-0.2, -0.15) is 0 Å². The summed E-state index contributed by atoms with van der Waals surface area (Å²) >= 11 is 0. The van der Waals surface area contributed by atoms with Gasteiger partial charge < -0.3 is 4.90 Å². The molecule has 1 amide bonds. The lowest BCUT2D eigenvalue weighted by atomic mass is 9.96. The molecule has 27 heavy (non-hydrogen) atoms. The third kappa shape index (κ3) is 6.61. The van der Waals surface area contributed by atoms with Gasteiger partial charge in [0.05, 0.1) is 5.75 Å². The van der Waals surface area contributed by atoms with Crippen molar-refractivity contribution in [3.63, 3.8) is 0 Å². The summed E-state index contributed by atoms with van der Waals surface area (Å²) in [6, 6.07) is 9.98. The molecule has 0 aromatic heterocycles. The zero-order valence-electron chi connectivity index (χ0n) is 16.8. The number of rotatable bonds is 10. The van der Waals surface area contributed by atoms with Crippen LogP contribution in [0.2, 0.25) is 0 Å². The zero-order valence-corrected chi connectivity index (χ0v) is 17.6. The predicted octanol–water partition coefficient (Wildman–Crippen LogP) is 3.31. The van der Waals surface area contributed by atoms with Gasteiger partial charge in [0.25, 0.3) is 0 Å². The van der Waals surface area contributed by atoms with Gasteiger partial charge in [-0.3, -0.25) is 4.79 Å². The third-order valence-corrected chi connectivity index (χ3v) is 7.16. The second kappa shape index (κ2) is 10.8. The van der Waals surface area contributed by atoms with Crippen molar-refractivity contribution >= 4 is 15.9 Å². The molecule has 152 valence electrons. The molecular formula is C21H34N2O3S. The highest BCUT2D eigenvalue weighted by atomic mass is 32.2. The van der Waals surface area contributed by atoms with Gasteiger partial charge in [-0.25, -0.2) is 12.7 Å². The molecule has 2 rings (SSSR count). The minimum absolute atomic E-state index is 0.0288. The minimum atomic E-state index is -3.23. The van der Waals surface area contributed by atoms with Crippen molar-refractivity contribution in [1.29, 1.82) is 0 Å². The highest BCUT2D eigenvalue weighted by Gasteiger charge is 2.32. The molecule has 1 aromatic carbocycles. The first-order chi connectivity index (χ1) is 13.0. The van der Waals surface area contributed by atoms with Crippen LogP contribution in [-0.4, -0.2) is 55.5 Å². The average Bonchev–Trinajstić information content (AvgIpc) is 2.68. The Kier molecular flexibility index (Phi) is 8.77. The Morgan fingerprint density at radius 3 is 2.22 bits per heavy atom. The summed E-state index contributed by atoms with van der Waals surface area (Å²) in [4.78, 5) is 14.7. The van der Waals surface area contributed by atoms with E-state index in [1.807, 2.05) is 35.2 Å². The van der Waals surface area contributed by atoms with E-state index < -0.39 is 10.0 Å². The van der Waals surface area contributed by atoms with Crippen LogP contribution < -0.4 is 0 Å². The van der Waals surface area contributed by atoms with Gasteiger partial charge in [-0.05, 0) is 44.1 Å². The van der Waals surface area contributed by atoms with Gasteiger partial charge in [0.2, 0.25) is 15.9 Å². The molecule has 1 fully saturated rings. The summed E-state index contributed by atoms with van der Waals surface area (Å²) in [5.41, 5.74) is 1.17. The Morgan fingerprint density at radius 1 is 1.07 bits per heavy atom. The average molecular weight is 395 g/mol. The lowest BCUT2D eigenvalue weighted by Gasteiger charge is -2.33. The van der Waals surface area contributed by atoms with Crippen molar-refractivity contribution in [2.45, 2.75) is 52.4 Å². The Labute approximate surface area is 164 Å². The number of benzene rings is 1. The van der Waals surface area contributed by atoms with E-state index in [4.69, 9.17) is 0 Å². The van der Waals surface area contributed by atoms with Gasteiger partial charge in [0, 0.05) is 32.1 Å². The predicted molar refractivity (Wildman–Crippen MR) is 110 cm³/mol. The summed E-state index contributed by atoms with van der Waals surface area (Å²) in [6.45, 7) is 6.70. The highest BCUT2D eigenvalue weighted by molar-refractivity contribution is 7.89. The van der Waals surface area contributed by atoms with Gasteiger partial charge in [0.1, 0.15) is 0 Å². The van der Waals surface area contributed by atoms with E-state index >= 15 is 0 Å². The van der Waals surface area contributed by atoms with Gasteiger partial charge in [0.15, 0.2) is 0 Å². The Bertz CT molecular complexity index is 662. The van der Waals surface area contributed by atoms with Crippen LogP contribution in [-0.2, 0) is 21.2 Å². The van der Waals surface area contributed by atoms with Gasteiger partial charge in [-0.15, -0.1) is 0 Å². The summed E-state index contributed by atoms with van der Waals surface area (Å²) < 4.78 is 26.8. The maximum Gasteiger partial charge on any atom is 0.225 e. The molecule has 5 nitrogen and oxygen atoms in total. The Balaban J connectivity index is 1.81. The van der Waals surface area contributed by atoms with E-state index in [0.29, 0.717) is 32.4 Å². The summed E-state index contributed by atoms with van der Waals surface area (Å²) in [6.07, 6.45) is 4.60. The molecule has 1 aromatic rings. The second-order valence-electron chi connectivity index (χ2n) is 7.40. The molecule has 0 bridgehead atoms. The molecule has 1 aliphatic rings. The SMILES string of the molecule is CCCN(CCC)C(=O)C1CCN(S(=O)(=O)CCCc2ccccc2)CC1. The van der Waals surface area contributed by atoms with Crippen LogP contribution in [0.3, 0.4) is 0 Å². The molecule has 0 radical (unpaired) electrons. The van der Waals surface area contributed by atoms with Crippen molar-refractivity contribution in [1.82, 2.24) is 9.21 Å². The molecule has 0 spiro atoms. The van der Waals surface area contributed by atoms with Crippen LogP contribution in [0.1, 0.15) is 51.5 Å². The van der Waals surface area contributed by atoms with Crippen molar-refractivity contribution in [3.8, 4) is 0 Å². The summed E-state index contributed by atoms with van der Waals surface area (Å²) in [5.74, 6) is 0.358. The molecule has 1 saturated heterocycles. The fourth-order valence-corrected chi connectivity index (χ4v) is 5.28. The molecule has 0 N–H and O–H groups in total. The molecule has 0 unspecified atom stereocenters. The molecular weight excluding hydrogens is 360 g/mol. The van der Waals surface area contributed by atoms with Crippen LogP contribution >= 0.6 is 0 Å². The largest absolute Gasteiger partial charge is 0.342 e. The number of hydrogen-bond donors (Lipinski definition) is 0. The van der Waals surface area contributed by atoms with Crippen LogP contribution in [0.25, 0.3) is 0 Å². The van der Waals surface area contributed by atoms with E-state index in [1.54, 1.807) is 4.31 Å². The lowest BCUT2D eigenvalue weighted by molar-refractivity contribution is -0.136. The van der Waals surface area contributed by atoms with E-state index in [9.17, 15) is 13.2 Å². The van der Waals surface area contributed by atoms with Crippen LogP contribution in [0, 0.1) is 5.92 Å². The minimum Gasteiger partial charge on any atom is -0.342 e. The Morgan fingerprint density at radius 2 is 1.67 bits per heavy atom. The van der Waals surface area contributed by atoms with E-state index in [-0.39, 0.29) is 17.6 Å². The van der Waals surface area contributed by atoms with E-state index in [1.165, 1.54) is 5.56 Å². The number of hydrogen-bond acceptors (Lipinski definition) is 3. The standard InChI is InChI=1S/C21H34N2O3S/c1-3-14-22(15-4-2)21(24)20-12-16-23(17-13-20)27(25,26)18-8-11-19-9-6-5-7-10-19/h5-7,9-10,20H,3-4,8,11-18H2,1-2H3. The van der Waals surface area contributed by atoms with Gasteiger partial charge in [-0.1, -0.05) is 44.2 Å². The molecule has 1 heterocycles. The van der Waals surface area contributed by atoms with Crippen molar-refractivity contribution in [2.24, 2.45) is 5.92 Å². The van der Waals surface area contributed by atoms with Crippen molar-refractivity contribution in [2.75, 3.05) is 31.9 Å². The number of nitrogens with zero attached hydrogens (tertiary/aromatic N) is 2. The maximum absolute atomic E-state index is 12.7. The van der Waals surface area contributed by atoms with Crippen molar-refractivity contribution in [3.05, 3.63) is 35.9 Å². The smallest absolute Gasteiger partial charge is 0.225 e. The highest BCUT2D eigenvalue weighted by Crippen LogP contribution is 2.23. The number of aryl methyl sites for hydroxylation is 1. The first-order valence-electron chi connectivity index (χ1n) is 10.3. The topological polar surface area (TPSA) is 57.7 Å². The summed E-state index contributed by atoms with van der Waals surface area (Å²) in [5, 5.41) is 0. The van der Waals surface area contributed by atoms with Crippen LogP contribution in [0.5, 0.6) is 0 Å². The van der Waals surface area contributed by atoms with Crippen LogP contribution in [0.4, 0.5) is 0 Å². The normalized spacial score (nSPS) is 16.4. The fraction of sp³-hybridized carbons (Fsp3) is 0.667. The number of carbonyl (C=O) groups excluding carboxylic acids is 1.